The molecule has 0 aliphatic heterocycles. The maximum Gasteiger partial charge on any atom is 0.433 e. The van der Waals surface area contributed by atoms with Crippen molar-refractivity contribution < 1.29 is 18.0 Å². The molecule has 1 fully saturated rings. The fourth-order valence-electron chi connectivity index (χ4n) is 2.31. The largest absolute Gasteiger partial charge is 0.433 e. The van der Waals surface area contributed by atoms with Crippen LogP contribution in [0.25, 0.3) is 0 Å². The number of halogens is 3. The summed E-state index contributed by atoms with van der Waals surface area (Å²) in [5.74, 6) is 0.0584. The number of alkyl halides is 3. The highest BCUT2D eigenvalue weighted by Gasteiger charge is 2.33. The van der Waals surface area contributed by atoms with Crippen LogP contribution in [0.15, 0.2) is 36.5 Å². The van der Waals surface area contributed by atoms with Crippen molar-refractivity contribution in [3.05, 3.63) is 47.8 Å². The highest BCUT2D eigenvalue weighted by atomic mass is 19.4. The number of hydrogen-bond donors (Lipinski definition) is 2. The average molecular weight is 350 g/mol. The van der Waals surface area contributed by atoms with Gasteiger partial charge in [-0.2, -0.15) is 13.2 Å². The van der Waals surface area contributed by atoms with Gasteiger partial charge in [0.15, 0.2) is 0 Å². The van der Waals surface area contributed by atoms with Gasteiger partial charge in [-0.3, -0.25) is 4.79 Å². The van der Waals surface area contributed by atoms with Crippen molar-refractivity contribution in [1.29, 1.82) is 0 Å². The predicted octanol–water partition coefficient (Wildman–Crippen LogP) is 4.02. The van der Waals surface area contributed by atoms with Gasteiger partial charge in [0.2, 0.25) is 11.9 Å². The summed E-state index contributed by atoms with van der Waals surface area (Å²) >= 11 is 0. The Bertz CT molecular complexity index is 757. The van der Waals surface area contributed by atoms with Gasteiger partial charge in [0.1, 0.15) is 5.69 Å². The highest BCUT2D eigenvalue weighted by Crippen LogP contribution is 2.30. The van der Waals surface area contributed by atoms with E-state index < -0.39 is 11.9 Å². The van der Waals surface area contributed by atoms with Crippen molar-refractivity contribution in [3.8, 4) is 0 Å². The van der Waals surface area contributed by atoms with Crippen LogP contribution in [-0.4, -0.2) is 15.9 Å². The standard InChI is InChI=1S/C17H17F3N4O/c1-10(22-16-21-9-8-14(24-16)17(18,19)20)11-4-6-13(7-5-11)23-15(25)12-2-3-12/h4-10,12H,2-3H2,1H3,(H,23,25)(H,21,22,24). The molecular weight excluding hydrogens is 333 g/mol. The molecule has 1 heterocycles. The molecule has 2 aromatic rings. The summed E-state index contributed by atoms with van der Waals surface area (Å²) in [6, 6.07) is 7.66. The van der Waals surface area contributed by atoms with Crippen LogP contribution in [0.4, 0.5) is 24.8 Å². The molecule has 0 radical (unpaired) electrons. The number of anilines is 2. The molecule has 3 rings (SSSR count). The lowest BCUT2D eigenvalue weighted by molar-refractivity contribution is -0.141. The van der Waals surface area contributed by atoms with Crippen LogP contribution >= 0.6 is 0 Å². The number of rotatable bonds is 5. The molecule has 1 amide bonds. The minimum Gasteiger partial charge on any atom is -0.348 e. The Morgan fingerprint density at radius 3 is 2.48 bits per heavy atom. The molecule has 1 aliphatic carbocycles. The monoisotopic (exact) mass is 350 g/mol. The van der Waals surface area contributed by atoms with Gasteiger partial charge in [-0.25, -0.2) is 9.97 Å². The van der Waals surface area contributed by atoms with Gasteiger partial charge in [-0.05, 0) is 43.5 Å². The van der Waals surface area contributed by atoms with Gasteiger partial charge < -0.3 is 10.6 Å². The number of carbonyl (C=O) groups is 1. The SMILES string of the molecule is CC(Nc1nccc(C(F)(F)F)n1)c1ccc(NC(=O)C2CC2)cc1. The highest BCUT2D eigenvalue weighted by molar-refractivity contribution is 5.94. The zero-order valence-electron chi connectivity index (χ0n) is 13.5. The Balaban J connectivity index is 1.64. The summed E-state index contributed by atoms with van der Waals surface area (Å²) in [5, 5.41) is 5.68. The number of benzene rings is 1. The molecule has 25 heavy (non-hydrogen) atoms. The number of carbonyl (C=O) groups excluding carboxylic acids is 1. The number of nitrogens with one attached hydrogen (secondary N) is 2. The lowest BCUT2D eigenvalue weighted by Gasteiger charge is -2.16. The van der Waals surface area contributed by atoms with E-state index in [0.717, 1.165) is 30.7 Å². The first-order valence-electron chi connectivity index (χ1n) is 7.90. The van der Waals surface area contributed by atoms with Crippen molar-refractivity contribution in [2.24, 2.45) is 5.92 Å². The van der Waals surface area contributed by atoms with E-state index in [1.165, 1.54) is 0 Å². The number of aromatic nitrogens is 2. The van der Waals surface area contributed by atoms with E-state index in [-0.39, 0.29) is 23.8 Å². The molecule has 0 spiro atoms. The zero-order chi connectivity index (χ0) is 18.0. The second kappa shape index (κ2) is 6.70. The Labute approximate surface area is 142 Å². The van der Waals surface area contributed by atoms with E-state index in [4.69, 9.17) is 0 Å². The van der Waals surface area contributed by atoms with Crippen LogP contribution in [-0.2, 0) is 11.0 Å². The van der Waals surface area contributed by atoms with Gasteiger partial charge in [0.05, 0.1) is 6.04 Å². The lowest BCUT2D eigenvalue weighted by Crippen LogP contribution is -2.14. The van der Waals surface area contributed by atoms with Gasteiger partial charge in [0, 0.05) is 17.8 Å². The fraction of sp³-hybridized carbons (Fsp3) is 0.353. The molecule has 2 N–H and O–H groups in total. The molecular formula is C17H17F3N4O. The van der Waals surface area contributed by atoms with Gasteiger partial charge in [0.25, 0.3) is 0 Å². The third-order valence-corrected chi connectivity index (χ3v) is 3.92. The Hall–Kier alpha value is -2.64. The summed E-state index contributed by atoms with van der Waals surface area (Å²) in [6.07, 6.45) is -1.57. The number of amides is 1. The van der Waals surface area contributed by atoms with Gasteiger partial charge in [-0.15, -0.1) is 0 Å². The molecule has 0 bridgehead atoms. The third-order valence-electron chi connectivity index (χ3n) is 3.92. The van der Waals surface area contributed by atoms with E-state index in [9.17, 15) is 18.0 Å². The first-order chi connectivity index (χ1) is 11.8. The van der Waals surface area contributed by atoms with E-state index in [1.54, 1.807) is 31.2 Å². The Kier molecular flexibility index (Phi) is 4.61. The average Bonchev–Trinajstić information content (AvgIpc) is 3.40. The minimum absolute atomic E-state index is 0.0243. The molecule has 1 aromatic carbocycles. The second-order valence-electron chi connectivity index (χ2n) is 6.01. The molecule has 1 unspecified atom stereocenters. The topological polar surface area (TPSA) is 66.9 Å². The summed E-state index contributed by atoms with van der Waals surface area (Å²) in [5.41, 5.74) is 0.545. The quantitative estimate of drug-likeness (QED) is 0.855. The van der Waals surface area contributed by atoms with Crippen molar-refractivity contribution in [1.82, 2.24) is 9.97 Å². The fourth-order valence-corrected chi connectivity index (χ4v) is 2.31. The number of nitrogens with zero attached hydrogens (tertiary/aromatic N) is 2. The predicted molar refractivity (Wildman–Crippen MR) is 86.9 cm³/mol. The molecule has 8 heteroatoms. The summed E-state index contributed by atoms with van der Waals surface area (Å²) in [4.78, 5) is 19.0. The van der Waals surface area contributed by atoms with Gasteiger partial charge in [-0.1, -0.05) is 12.1 Å². The third kappa shape index (κ3) is 4.46. The minimum atomic E-state index is -4.51. The van der Waals surface area contributed by atoms with Crippen LogP contribution in [0.1, 0.15) is 37.1 Å². The summed E-state index contributed by atoms with van der Waals surface area (Å²) in [7, 11) is 0. The first kappa shape index (κ1) is 17.2. The Morgan fingerprint density at radius 1 is 1.20 bits per heavy atom. The smallest absolute Gasteiger partial charge is 0.348 e. The zero-order valence-corrected chi connectivity index (χ0v) is 13.5. The molecule has 5 nitrogen and oxygen atoms in total. The Morgan fingerprint density at radius 2 is 1.88 bits per heavy atom. The summed E-state index contributed by atoms with van der Waals surface area (Å²) in [6.45, 7) is 1.79. The molecule has 1 aromatic heterocycles. The van der Waals surface area contributed by atoms with E-state index in [0.29, 0.717) is 5.69 Å². The normalized spacial score (nSPS) is 15.5. The first-order valence-corrected chi connectivity index (χ1v) is 7.90. The molecule has 1 aliphatic rings. The van der Waals surface area contributed by atoms with E-state index >= 15 is 0 Å². The maximum atomic E-state index is 12.7. The molecule has 1 atom stereocenters. The van der Waals surface area contributed by atoms with E-state index in [1.807, 2.05) is 0 Å². The lowest BCUT2D eigenvalue weighted by atomic mass is 10.1. The van der Waals surface area contributed by atoms with Crippen molar-refractivity contribution in [2.75, 3.05) is 10.6 Å². The van der Waals surface area contributed by atoms with Crippen LogP contribution in [0.5, 0.6) is 0 Å². The van der Waals surface area contributed by atoms with Crippen LogP contribution in [0, 0.1) is 5.92 Å². The van der Waals surface area contributed by atoms with Crippen LogP contribution in [0.2, 0.25) is 0 Å². The molecule has 1 saturated carbocycles. The van der Waals surface area contributed by atoms with Gasteiger partial charge >= 0.3 is 6.18 Å². The van der Waals surface area contributed by atoms with Crippen molar-refractivity contribution in [2.45, 2.75) is 32.0 Å². The molecule has 132 valence electrons. The van der Waals surface area contributed by atoms with Crippen LogP contribution in [0.3, 0.4) is 0 Å². The van der Waals surface area contributed by atoms with Crippen LogP contribution < -0.4 is 10.6 Å². The van der Waals surface area contributed by atoms with E-state index in [2.05, 4.69) is 20.6 Å². The second-order valence-corrected chi connectivity index (χ2v) is 6.01. The maximum absolute atomic E-state index is 12.7. The number of hydrogen-bond acceptors (Lipinski definition) is 4. The van der Waals surface area contributed by atoms with Crippen molar-refractivity contribution >= 4 is 17.5 Å². The van der Waals surface area contributed by atoms with Crippen molar-refractivity contribution in [3.63, 3.8) is 0 Å². The summed E-state index contributed by atoms with van der Waals surface area (Å²) < 4.78 is 38.1. The molecule has 0 saturated heterocycles.